The summed E-state index contributed by atoms with van der Waals surface area (Å²) >= 11 is 0. The van der Waals surface area contributed by atoms with Gasteiger partial charge in [0, 0.05) is 61.8 Å². The van der Waals surface area contributed by atoms with Gasteiger partial charge in [0.05, 0.1) is 0 Å². The molecule has 0 aliphatic rings. The van der Waals surface area contributed by atoms with Crippen LogP contribution in [0, 0.1) is 0 Å². The molecule has 2 N–H and O–H groups in total. The molecule has 0 aromatic carbocycles. The molecule has 25 valence electrons. The van der Waals surface area contributed by atoms with Crippen molar-refractivity contribution in [2.45, 2.75) is 0 Å². The largest absolute Gasteiger partial charge is 0.412 e. The van der Waals surface area contributed by atoms with Crippen LogP contribution in [-0.2, 0) is 61.8 Å². The minimum atomic E-state index is 0. The van der Waals surface area contributed by atoms with E-state index in [-0.39, 0.29) is 67.3 Å². The summed E-state index contributed by atoms with van der Waals surface area (Å²) < 4.78 is 0. The van der Waals surface area contributed by atoms with E-state index < -0.39 is 0 Å². The third-order valence-electron chi connectivity index (χ3n) is 0. The van der Waals surface area contributed by atoms with Gasteiger partial charge >= 0.3 is 0 Å². The second kappa shape index (κ2) is 20.3. The monoisotopic (exact) mass is 215 g/mol. The van der Waals surface area contributed by atoms with Gasteiger partial charge in [-0.3, -0.25) is 0 Å². The summed E-state index contributed by atoms with van der Waals surface area (Å²) in [5.41, 5.74) is 0. The Balaban J connectivity index is 0. The van der Waals surface area contributed by atoms with Gasteiger partial charge < -0.3 is 5.48 Å². The smallest absolute Gasteiger partial charge is 0 e. The van der Waals surface area contributed by atoms with Crippen LogP contribution in [0.5, 0.6) is 0 Å². The summed E-state index contributed by atoms with van der Waals surface area (Å²) in [4.78, 5) is 0. The fourth-order valence-electron chi connectivity index (χ4n) is 0. The molecule has 0 bridgehead atoms. The van der Waals surface area contributed by atoms with Crippen LogP contribution < -0.4 is 0 Å². The number of rotatable bonds is 0. The standard InChI is InChI=1S/Fe.H2O.V.Zr/h;1H2;;. The van der Waals surface area contributed by atoms with Crippen LogP contribution in [-0.4, -0.2) is 5.48 Å². The van der Waals surface area contributed by atoms with Crippen LogP contribution in [0.15, 0.2) is 0 Å². The average molecular weight is 216 g/mol. The molecule has 0 fully saturated rings. The van der Waals surface area contributed by atoms with Gasteiger partial charge in [-0.1, -0.05) is 0 Å². The third kappa shape index (κ3) is 9.04. The van der Waals surface area contributed by atoms with Crippen molar-refractivity contribution >= 4 is 0 Å². The summed E-state index contributed by atoms with van der Waals surface area (Å²) in [6.45, 7) is 0. The van der Waals surface area contributed by atoms with E-state index in [1.54, 1.807) is 0 Å². The molecule has 0 unspecified atom stereocenters. The predicted octanol–water partition coefficient (Wildman–Crippen LogP) is -0.832. The molecule has 0 atom stereocenters. The quantitative estimate of drug-likeness (QED) is 0.473. The molecule has 0 amide bonds. The average Bonchev–Trinajstić information content (AvgIpc) is 0. The first-order chi connectivity index (χ1) is 0. The van der Waals surface area contributed by atoms with Gasteiger partial charge in [0.1, 0.15) is 0 Å². The maximum atomic E-state index is 0. The molecular weight excluding hydrogens is 214 g/mol. The SMILES string of the molecule is O.[Fe].[V].[Zr]. The van der Waals surface area contributed by atoms with Gasteiger partial charge in [-0.15, -0.1) is 0 Å². The van der Waals surface area contributed by atoms with E-state index in [0.29, 0.717) is 0 Å². The van der Waals surface area contributed by atoms with Crippen molar-refractivity contribution < 1.29 is 67.3 Å². The van der Waals surface area contributed by atoms with E-state index in [9.17, 15) is 0 Å². The Hall–Kier alpha value is 1.95. The Morgan fingerprint density at radius 2 is 1.00 bits per heavy atom. The number of hydrogen-bond donors (Lipinski definition) is 0. The molecule has 0 saturated heterocycles. The van der Waals surface area contributed by atoms with Crippen molar-refractivity contribution in [3.05, 3.63) is 0 Å². The maximum Gasteiger partial charge on any atom is 0 e. The van der Waals surface area contributed by atoms with Crippen LogP contribution >= 0.6 is 0 Å². The summed E-state index contributed by atoms with van der Waals surface area (Å²) in [7, 11) is 0. The first-order valence-electron chi connectivity index (χ1n) is 0. The van der Waals surface area contributed by atoms with Crippen molar-refractivity contribution in [3.8, 4) is 0 Å². The minimum Gasteiger partial charge on any atom is -0.412 e. The van der Waals surface area contributed by atoms with Crippen LogP contribution in [0.2, 0.25) is 0 Å². The molecule has 0 saturated carbocycles. The van der Waals surface area contributed by atoms with Crippen molar-refractivity contribution in [1.82, 2.24) is 0 Å². The van der Waals surface area contributed by atoms with Crippen LogP contribution in [0.1, 0.15) is 0 Å². The van der Waals surface area contributed by atoms with Crippen molar-refractivity contribution in [3.63, 3.8) is 0 Å². The topological polar surface area (TPSA) is 31.5 Å². The van der Waals surface area contributed by atoms with Gasteiger partial charge in [-0.25, -0.2) is 0 Å². The van der Waals surface area contributed by atoms with E-state index in [4.69, 9.17) is 0 Å². The molecule has 0 spiro atoms. The first kappa shape index (κ1) is 38.4. The molecular formula is H2FeOVZr. The van der Waals surface area contributed by atoms with Crippen molar-refractivity contribution in [2.75, 3.05) is 0 Å². The molecule has 0 aliphatic carbocycles. The van der Waals surface area contributed by atoms with Gasteiger partial charge in [-0.05, 0) is 0 Å². The van der Waals surface area contributed by atoms with Crippen LogP contribution in [0.4, 0.5) is 0 Å². The second-order valence-electron chi connectivity index (χ2n) is 0. The van der Waals surface area contributed by atoms with Crippen molar-refractivity contribution in [2.24, 2.45) is 0 Å². The molecule has 0 heterocycles. The third-order valence-corrected chi connectivity index (χ3v) is 0. The Morgan fingerprint density at radius 1 is 1.00 bits per heavy atom. The van der Waals surface area contributed by atoms with Crippen LogP contribution in [0.3, 0.4) is 0 Å². The van der Waals surface area contributed by atoms with E-state index in [0.717, 1.165) is 0 Å². The van der Waals surface area contributed by atoms with Crippen molar-refractivity contribution in [1.29, 1.82) is 0 Å². The Labute approximate surface area is 66.7 Å². The molecule has 1 nitrogen and oxygen atoms in total. The van der Waals surface area contributed by atoms with E-state index in [2.05, 4.69) is 0 Å². The fraction of sp³-hybridized carbons (Fsp3) is 0. The van der Waals surface area contributed by atoms with Crippen LogP contribution in [0.25, 0.3) is 0 Å². The normalized spacial score (nSPS) is 0. The molecule has 0 rings (SSSR count). The summed E-state index contributed by atoms with van der Waals surface area (Å²) in [6, 6.07) is 0. The Morgan fingerprint density at radius 3 is 1.00 bits per heavy atom. The summed E-state index contributed by atoms with van der Waals surface area (Å²) in [5, 5.41) is 0. The van der Waals surface area contributed by atoms with Gasteiger partial charge in [0.15, 0.2) is 0 Å². The Bertz CT molecular complexity index is 8.00. The minimum absolute atomic E-state index is 0. The zero-order valence-corrected chi connectivity index (χ0v) is 6.76. The Kier molecular flexibility index (Phi) is 195. The van der Waals surface area contributed by atoms with Gasteiger partial charge in [0.25, 0.3) is 0 Å². The molecule has 4 heteroatoms. The van der Waals surface area contributed by atoms with E-state index in [1.807, 2.05) is 0 Å². The molecule has 1 radical (unpaired) electrons. The van der Waals surface area contributed by atoms with E-state index in [1.165, 1.54) is 0 Å². The summed E-state index contributed by atoms with van der Waals surface area (Å²) in [6.07, 6.45) is 0. The summed E-state index contributed by atoms with van der Waals surface area (Å²) in [5.74, 6) is 0. The zero-order chi connectivity index (χ0) is 0. The maximum absolute atomic E-state index is 0. The second-order valence-corrected chi connectivity index (χ2v) is 0. The van der Waals surface area contributed by atoms with Gasteiger partial charge in [0.2, 0.25) is 0 Å². The predicted molar refractivity (Wildman–Crippen MR) is 3.61 cm³/mol. The molecule has 0 aromatic heterocycles. The molecule has 0 aromatic rings. The zero-order valence-electron chi connectivity index (χ0n) is 1.80. The molecule has 4 heavy (non-hydrogen) atoms. The molecule has 0 aliphatic heterocycles. The number of hydrogen-bond acceptors (Lipinski definition) is 0. The fourth-order valence-corrected chi connectivity index (χ4v) is 0. The van der Waals surface area contributed by atoms with Gasteiger partial charge in [-0.2, -0.15) is 0 Å². The first-order valence-corrected chi connectivity index (χ1v) is 0. The van der Waals surface area contributed by atoms with E-state index >= 15 is 0 Å².